The molecule has 3 aromatic rings. The number of benzene rings is 3. The summed E-state index contributed by atoms with van der Waals surface area (Å²) in [6.45, 7) is 1.49. The van der Waals surface area contributed by atoms with Gasteiger partial charge >= 0.3 is 0 Å². The van der Waals surface area contributed by atoms with Gasteiger partial charge in [-0.15, -0.1) is 0 Å². The van der Waals surface area contributed by atoms with Crippen molar-refractivity contribution in [1.82, 2.24) is 0 Å². The van der Waals surface area contributed by atoms with Crippen LogP contribution in [0.2, 0.25) is 0 Å². The van der Waals surface area contributed by atoms with Crippen LogP contribution in [0.5, 0.6) is 0 Å². The van der Waals surface area contributed by atoms with Crippen molar-refractivity contribution in [3.05, 3.63) is 90.5 Å². The quantitative estimate of drug-likeness (QED) is 0.541. The number of carbonyl (C=O) groups excluding carboxylic acids is 3. The van der Waals surface area contributed by atoms with E-state index in [0.29, 0.717) is 22.1 Å². The highest BCUT2D eigenvalue weighted by Gasteiger charge is 2.40. The second-order valence-corrected chi connectivity index (χ2v) is 8.40. The van der Waals surface area contributed by atoms with E-state index in [9.17, 15) is 14.4 Å². The van der Waals surface area contributed by atoms with Gasteiger partial charge in [0.15, 0.2) is 11.0 Å². The van der Waals surface area contributed by atoms with Crippen molar-refractivity contribution in [3.63, 3.8) is 0 Å². The first-order chi connectivity index (χ1) is 15.5. The molecule has 1 saturated heterocycles. The van der Waals surface area contributed by atoms with Gasteiger partial charge in [-0.25, -0.2) is 4.99 Å². The Morgan fingerprint density at radius 3 is 2.19 bits per heavy atom. The third-order valence-electron chi connectivity index (χ3n) is 4.88. The molecule has 160 valence electrons. The SMILES string of the molecule is CC(=O)c1ccc(NC(=O)CC2SC(=Nc3ccccc3)N(c3ccccc3)C2=O)cc1. The summed E-state index contributed by atoms with van der Waals surface area (Å²) in [6, 6.07) is 25.4. The molecule has 3 aromatic carbocycles. The standard InChI is InChI=1S/C25H21N3O3S/c1-17(29)18-12-14-20(15-13-18)26-23(30)16-22-24(31)28(21-10-6-3-7-11-21)25(32-22)27-19-8-4-2-5-9-19/h2-15,22H,16H2,1H3,(H,26,30). The summed E-state index contributed by atoms with van der Waals surface area (Å²) in [5.74, 6) is -0.500. The highest BCUT2D eigenvalue weighted by molar-refractivity contribution is 8.16. The van der Waals surface area contributed by atoms with Crippen molar-refractivity contribution in [3.8, 4) is 0 Å². The monoisotopic (exact) mass is 443 g/mol. The Morgan fingerprint density at radius 2 is 1.56 bits per heavy atom. The van der Waals surface area contributed by atoms with Crippen LogP contribution >= 0.6 is 11.8 Å². The van der Waals surface area contributed by atoms with E-state index in [1.165, 1.54) is 18.7 Å². The van der Waals surface area contributed by atoms with E-state index >= 15 is 0 Å². The number of hydrogen-bond acceptors (Lipinski definition) is 5. The smallest absolute Gasteiger partial charge is 0.247 e. The van der Waals surface area contributed by atoms with E-state index in [-0.39, 0.29) is 24.0 Å². The van der Waals surface area contributed by atoms with E-state index in [2.05, 4.69) is 10.3 Å². The molecule has 1 unspecified atom stereocenters. The molecule has 0 saturated carbocycles. The fourth-order valence-electron chi connectivity index (χ4n) is 3.27. The number of ketones is 1. The predicted molar refractivity (Wildman–Crippen MR) is 129 cm³/mol. The molecule has 4 rings (SSSR count). The van der Waals surface area contributed by atoms with Gasteiger partial charge in [0.2, 0.25) is 11.8 Å². The zero-order chi connectivity index (χ0) is 22.5. The topological polar surface area (TPSA) is 78.8 Å². The molecule has 0 aromatic heterocycles. The molecule has 1 N–H and O–H groups in total. The van der Waals surface area contributed by atoms with Gasteiger partial charge < -0.3 is 5.32 Å². The Kier molecular flexibility index (Phi) is 6.47. The minimum atomic E-state index is -0.589. The van der Waals surface area contributed by atoms with Crippen LogP contribution < -0.4 is 10.2 Å². The number of Topliss-reactive ketones (excluding diaryl/α,β-unsaturated/α-hetero) is 1. The lowest BCUT2D eigenvalue weighted by Gasteiger charge is -2.16. The van der Waals surface area contributed by atoms with Crippen molar-refractivity contribution in [2.24, 2.45) is 4.99 Å². The summed E-state index contributed by atoms with van der Waals surface area (Å²) in [5.41, 5.74) is 2.60. The number of thioether (sulfide) groups is 1. The first kappa shape index (κ1) is 21.5. The number of para-hydroxylation sites is 2. The predicted octanol–water partition coefficient (Wildman–Crippen LogP) is 5.05. The minimum Gasteiger partial charge on any atom is -0.326 e. The maximum absolute atomic E-state index is 13.2. The number of amidine groups is 1. The molecule has 6 nitrogen and oxygen atoms in total. The normalized spacial score (nSPS) is 16.9. The number of hydrogen-bond donors (Lipinski definition) is 1. The number of anilines is 2. The van der Waals surface area contributed by atoms with Gasteiger partial charge in [-0.1, -0.05) is 48.2 Å². The van der Waals surface area contributed by atoms with Crippen LogP contribution in [0.3, 0.4) is 0 Å². The number of nitrogens with one attached hydrogen (secondary N) is 1. The summed E-state index contributed by atoms with van der Waals surface area (Å²) < 4.78 is 0. The summed E-state index contributed by atoms with van der Waals surface area (Å²) in [6.07, 6.45) is 0.00903. The molecule has 0 bridgehead atoms. The lowest BCUT2D eigenvalue weighted by atomic mass is 10.1. The maximum atomic E-state index is 13.2. The summed E-state index contributed by atoms with van der Waals surface area (Å²) in [7, 11) is 0. The molecular formula is C25H21N3O3S. The number of amides is 2. The van der Waals surface area contributed by atoms with Crippen LogP contribution in [0, 0.1) is 0 Å². The molecule has 32 heavy (non-hydrogen) atoms. The average molecular weight is 444 g/mol. The minimum absolute atomic E-state index is 0.00903. The van der Waals surface area contributed by atoms with Crippen molar-refractivity contribution < 1.29 is 14.4 Å². The molecular weight excluding hydrogens is 422 g/mol. The first-order valence-electron chi connectivity index (χ1n) is 10.1. The van der Waals surface area contributed by atoms with Crippen molar-refractivity contribution in [1.29, 1.82) is 0 Å². The average Bonchev–Trinajstić information content (AvgIpc) is 3.09. The number of carbonyl (C=O) groups is 3. The maximum Gasteiger partial charge on any atom is 0.247 e. The zero-order valence-electron chi connectivity index (χ0n) is 17.4. The van der Waals surface area contributed by atoms with E-state index in [4.69, 9.17) is 0 Å². The molecule has 1 aliphatic heterocycles. The molecule has 1 heterocycles. The lowest BCUT2D eigenvalue weighted by molar-refractivity contribution is -0.121. The van der Waals surface area contributed by atoms with Crippen LogP contribution in [0.1, 0.15) is 23.7 Å². The van der Waals surface area contributed by atoms with Crippen LogP contribution in [0.25, 0.3) is 0 Å². The Hall–Kier alpha value is -3.71. The molecule has 2 amide bonds. The summed E-state index contributed by atoms with van der Waals surface area (Å²) in [4.78, 5) is 43.5. The van der Waals surface area contributed by atoms with Gasteiger partial charge in [0.05, 0.1) is 11.4 Å². The van der Waals surface area contributed by atoms with E-state index in [0.717, 1.165) is 5.69 Å². The highest BCUT2D eigenvalue weighted by atomic mass is 32.2. The van der Waals surface area contributed by atoms with Gasteiger partial charge in [0.25, 0.3) is 0 Å². The third kappa shape index (κ3) is 4.95. The van der Waals surface area contributed by atoms with Crippen LogP contribution in [-0.4, -0.2) is 28.0 Å². The van der Waals surface area contributed by atoms with Crippen LogP contribution in [-0.2, 0) is 9.59 Å². The van der Waals surface area contributed by atoms with Gasteiger partial charge in [-0.05, 0) is 55.5 Å². The van der Waals surface area contributed by atoms with E-state index in [1.807, 2.05) is 60.7 Å². The third-order valence-corrected chi connectivity index (χ3v) is 6.01. The Bertz CT molecular complexity index is 1160. The largest absolute Gasteiger partial charge is 0.326 e. The molecule has 1 aliphatic rings. The van der Waals surface area contributed by atoms with Gasteiger partial charge in [0, 0.05) is 17.7 Å². The van der Waals surface area contributed by atoms with Gasteiger partial charge in [-0.2, -0.15) is 0 Å². The highest BCUT2D eigenvalue weighted by Crippen LogP contribution is 2.35. The molecule has 7 heteroatoms. The number of nitrogens with zero attached hydrogens (tertiary/aromatic N) is 2. The second-order valence-electron chi connectivity index (χ2n) is 7.23. The fourth-order valence-corrected chi connectivity index (χ4v) is 4.42. The lowest BCUT2D eigenvalue weighted by Crippen LogP contribution is -2.33. The zero-order valence-corrected chi connectivity index (χ0v) is 18.2. The summed E-state index contributed by atoms with van der Waals surface area (Å²) in [5, 5.41) is 2.75. The second kappa shape index (κ2) is 9.62. The first-order valence-corrected chi connectivity index (χ1v) is 11.0. The number of rotatable bonds is 6. The van der Waals surface area contributed by atoms with E-state index in [1.54, 1.807) is 29.2 Å². The fraction of sp³-hybridized carbons (Fsp3) is 0.120. The van der Waals surface area contributed by atoms with Crippen LogP contribution in [0.4, 0.5) is 17.1 Å². The molecule has 0 radical (unpaired) electrons. The molecule has 0 aliphatic carbocycles. The van der Waals surface area contributed by atoms with Gasteiger partial charge in [0.1, 0.15) is 5.25 Å². The van der Waals surface area contributed by atoms with Crippen molar-refractivity contribution in [2.75, 3.05) is 10.2 Å². The van der Waals surface area contributed by atoms with Crippen LogP contribution in [0.15, 0.2) is 89.9 Å². The molecule has 0 spiro atoms. The molecule has 1 atom stereocenters. The number of aliphatic imine (C=N–C) groups is 1. The van der Waals surface area contributed by atoms with Crippen molar-refractivity contribution >= 4 is 51.6 Å². The Labute approximate surface area is 190 Å². The van der Waals surface area contributed by atoms with E-state index < -0.39 is 5.25 Å². The van der Waals surface area contributed by atoms with Crippen molar-refractivity contribution in [2.45, 2.75) is 18.6 Å². The van der Waals surface area contributed by atoms with Gasteiger partial charge in [-0.3, -0.25) is 19.3 Å². The molecule has 1 fully saturated rings. The Morgan fingerprint density at radius 1 is 0.938 bits per heavy atom. The Balaban J connectivity index is 1.52. The summed E-state index contributed by atoms with van der Waals surface area (Å²) >= 11 is 1.28.